The summed E-state index contributed by atoms with van der Waals surface area (Å²) in [6.07, 6.45) is 6.15. The summed E-state index contributed by atoms with van der Waals surface area (Å²) in [6.45, 7) is 5.16. The van der Waals surface area contributed by atoms with Gasteiger partial charge in [-0.1, -0.05) is 18.0 Å². The zero-order chi connectivity index (χ0) is 11.4. The minimum absolute atomic E-state index is 0.650. The van der Waals surface area contributed by atoms with Gasteiger partial charge < -0.3 is 9.84 Å². The van der Waals surface area contributed by atoms with Gasteiger partial charge in [0.1, 0.15) is 0 Å². The predicted octanol–water partition coefficient (Wildman–Crippen LogP) is 2.09. The third kappa shape index (κ3) is 3.93. The first-order valence-corrected chi connectivity index (χ1v) is 6.26. The van der Waals surface area contributed by atoms with Gasteiger partial charge in [-0.3, -0.25) is 0 Å². The third-order valence-corrected chi connectivity index (χ3v) is 3.01. The van der Waals surface area contributed by atoms with Crippen molar-refractivity contribution in [3.05, 3.63) is 11.7 Å². The summed E-state index contributed by atoms with van der Waals surface area (Å²) in [6, 6.07) is 0.650. The highest BCUT2D eigenvalue weighted by atomic mass is 16.5. The summed E-state index contributed by atoms with van der Waals surface area (Å²) in [5, 5.41) is 7.31. The predicted molar refractivity (Wildman–Crippen MR) is 62.2 cm³/mol. The van der Waals surface area contributed by atoms with Gasteiger partial charge in [0, 0.05) is 12.5 Å². The van der Waals surface area contributed by atoms with E-state index in [-0.39, 0.29) is 0 Å². The largest absolute Gasteiger partial charge is 0.339 e. The van der Waals surface area contributed by atoms with E-state index in [2.05, 4.69) is 22.4 Å². The molecular weight excluding hydrogens is 202 g/mol. The van der Waals surface area contributed by atoms with Gasteiger partial charge in [-0.05, 0) is 39.2 Å². The Morgan fingerprint density at radius 3 is 2.94 bits per heavy atom. The summed E-state index contributed by atoms with van der Waals surface area (Å²) in [5.41, 5.74) is 0. The number of nitrogens with zero attached hydrogens (tertiary/aromatic N) is 2. The minimum Gasteiger partial charge on any atom is -0.339 e. The summed E-state index contributed by atoms with van der Waals surface area (Å²) < 4.78 is 5.06. The normalized spacial score (nSPS) is 17.6. The zero-order valence-corrected chi connectivity index (χ0v) is 10.2. The molecule has 4 nitrogen and oxygen atoms in total. The van der Waals surface area contributed by atoms with E-state index < -0.39 is 0 Å². The highest BCUT2D eigenvalue weighted by Gasteiger charge is 2.23. The van der Waals surface area contributed by atoms with Crippen molar-refractivity contribution in [2.45, 2.75) is 52.0 Å². The lowest BCUT2D eigenvalue weighted by molar-refractivity contribution is 0.369. The van der Waals surface area contributed by atoms with E-state index in [0.29, 0.717) is 6.04 Å². The molecular formula is C12H21N3O. The van der Waals surface area contributed by atoms with E-state index in [1.807, 2.05) is 6.92 Å². The highest BCUT2D eigenvalue weighted by Crippen LogP contribution is 2.33. The standard InChI is InChI=1S/C12H21N3O/c1-9(8-11-5-6-11)13-7-3-4-12-14-10(2)15-16-12/h9,11,13H,3-8H2,1-2H3. The summed E-state index contributed by atoms with van der Waals surface area (Å²) in [5.74, 6) is 2.49. The molecule has 4 heteroatoms. The van der Waals surface area contributed by atoms with Crippen LogP contribution in [0.2, 0.25) is 0 Å². The fourth-order valence-electron chi connectivity index (χ4n) is 1.97. The van der Waals surface area contributed by atoms with Crippen LogP contribution in [0.5, 0.6) is 0 Å². The molecule has 0 spiro atoms. The SMILES string of the molecule is Cc1noc(CCCNC(C)CC2CC2)n1. The molecule has 90 valence electrons. The fraction of sp³-hybridized carbons (Fsp3) is 0.833. The maximum absolute atomic E-state index is 5.06. The van der Waals surface area contributed by atoms with Crippen molar-refractivity contribution in [2.75, 3.05) is 6.54 Å². The van der Waals surface area contributed by atoms with Crippen LogP contribution in [-0.4, -0.2) is 22.7 Å². The molecule has 1 atom stereocenters. The summed E-state index contributed by atoms with van der Waals surface area (Å²) >= 11 is 0. The Balaban J connectivity index is 1.54. The smallest absolute Gasteiger partial charge is 0.226 e. The van der Waals surface area contributed by atoms with Gasteiger partial charge in [0.2, 0.25) is 5.89 Å². The average molecular weight is 223 g/mol. The molecule has 0 bridgehead atoms. The topological polar surface area (TPSA) is 51.0 Å². The van der Waals surface area contributed by atoms with Crippen LogP contribution in [0, 0.1) is 12.8 Å². The van der Waals surface area contributed by atoms with E-state index in [0.717, 1.165) is 37.0 Å². The Morgan fingerprint density at radius 2 is 2.31 bits per heavy atom. The van der Waals surface area contributed by atoms with E-state index >= 15 is 0 Å². The van der Waals surface area contributed by atoms with Gasteiger partial charge in [-0.15, -0.1) is 0 Å². The molecule has 0 aromatic carbocycles. The van der Waals surface area contributed by atoms with Crippen LogP contribution in [0.4, 0.5) is 0 Å². The van der Waals surface area contributed by atoms with Crippen LogP contribution >= 0.6 is 0 Å². The third-order valence-electron chi connectivity index (χ3n) is 3.01. The van der Waals surface area contributed by atoms with Gasteiger partial charge >= 0.3 is 0 Å². The van der Waals surface area contributed by atoms with Crippen LogP contribution in [0.3, 0.4) is 0 Å². The lowest BCUT2D eigenvalue weighted by Gasteiger charge is -2.12. The molecule has 16 heavy (non-hydrogen) atoms. The van der Waals surface area contributed by atoms with Crippen molar-refractivity contribution < 1.29 is 4.52 Å². The summed E-state index contributed by atoms with van der Waals surface area (Å²) in [4.78, 5) is 4.18. The van der Waals surface area contributed by atoms with Crippen molar-refractivity contribution in [1.29, 1.82) is 0 Å². The Morgan fingerprint density at radius 1 is 1.50 bits per heavy atom. The van der Waals surface area contributed by atoms with Crippen molar-refractivity contribution >= 4 is 0 Å². The molecule has 1 aliphatic carbocycles. The number of hydrogen-bond acceptors (Lipinski definition) is 4. The molecule has 2 rings (SSSR count). The Kier molecular flexibility index (Phi) is 3.93. The van der Waals surface area contributed by atoms with Gasteiger partial charge in [0.05, 0.1) is 0 Å². The molecule has 0 saturated heterocycles. The number of hydrogen-bond donors (Lipinski definition) is 1. The van der Waals surface area contributed by atoms with Crippen molar-refractivity contribution in [2.24, 2.45) is 5.92 Å². The number of aryl methyl sites for hydroxylation is 2. The van der Waals surface area contributed by atoms with Gasteiger partial charge in [-0.2, -0.15) is 4.98 Å². The van der Waals surface area contributed by atoms with Gasteiger partial charge in [0.25, 0.3) is 0 Å². The van der Waals surface area contributed by atoms with Crippen LogP contribution in [-0.2, 0) is 6.42 Å². The second-order valence-corrected chi connectivity index (χ2v) is 4.87. The van der Waals surface area contributed by atoms with Gasteiger partial charge in [-0.25, -0.2) is 0 Å². The average Bonchev–Trinajstić information content (AvgIpc) is 2.95. The maximum atomic E-state index is 5.06. The first-order chi connectivity index (χ1) is 7.74. The molecule has 1 aromatic heterocycles. The Hall–Kier alpha value is -0.900. The molecule has 1 fully saturated rings. The lowest BCUT2D eigenvalue weighted by atomic mass is 10.1. The van der Waals surface area contributed by atoms with Gasteiger partial charge in [0.15, 0.2) is 5.82 Å². The van der Waals surface area contributed by atoms with E-state index in [4.69, 9.17) is 4.52 Å². The minimum atomic E-state index is 0.650. The van der Waals surface area contributed by atoms with Crippen LogP contribution in [0.25, 0.3) is 0 Å². The molecule has 1 unspecified atom stereocenters. The summed E-state index contributed by atoms with van der Waals surface area (Å²) in [7, 11) is 0. The fourth-order valence-corrected chi connectivity index (χ4v) is 1.97. The van der Waals surface area contributed by atoms with Crippen molar-refractivity contribution in [3.8, 4) is 0 Å². The molecule has 0 aliphatic heterocycles. The number of rotatable bonds is 7. The number of nitrogens with one attached hydrogen (secondary N) is 1. The molecule has 1 N–H and O–H groups in total. The van der Waals surface area contributed by atoms with Crippen LogP contribution in [0.1, 0.15) is 44.3 Å². The first-order valence-electron chi connectivity index (χ1n) is 6.26. The molecule has 1 aromatic rings. The van der Waals surface area contributed by atoms with Crippen LogP contribution < -0.4 is 5.32 Å². The van der Waals surface area contributed by atoms with E-state index in [1.54, 1.807) is 0 Å². The lowest BCUT2D eigenvalue weighted by Crippen LogP contribution is -2.27. The van der Waals surface area contributed by atoms with E-state index in [9.17, 15) is 0 Å². The van der Waals surface area contributed by atoms with Crippen LogP contribution in [0.15, 0.2) is 4.52 Å². The highest BCUT2D eigenvalue weighted by molar-refractivity contribution is 4.83. The molecule has 1 heterocycles. The molecule has 0 amide bonds. The monoisotopic (exact) mass is 223 g/mol. The van der Waals surface area contributed by atoms with Crippen molar-refractivity contribution in [1.82, 2.24) is 15.5 Å². The molecule has 1 aliphatic rings. The quantitative estimate of drug-likeness (QED) is 0.719. The number of aromatic nitrogens is 2. The van der Waals surface area contributed by atoms with Crippen molar-refractivity contribution in [3.63, 3.8) is 0 Å². The zero-order valence-electron chi connectivity index (χ0n) is 10.2. The Labute approximate surface area is 96.8 Å². The molecule has 1 saturated carbocycles. The van der Waals surface area contributed by atoms with E-state index in [1.165, 1.54) is 19.3 Å². The first kappa shape index (κ1) is 11.6. The Bertz CT molecular complexity index is 320. The second-order valence-electron chi connectivity index (χ2n) is 4.87. The molecule has 0 radical (unpaired) electrons. The maximum Gasteiger partial charge on any atom is 0.226 e. The second kappa shape index (κ2) is 5.43.